The third-order valence-electron chi connectivity index (χ3n) is 0.566. The van der Waals surface area contributed by atoms with Gasteiger partial charge in [0, 0.05) is 0 Å². The Bertz CT molecular complexity index is 224. The minimum absolute atomic E-state index is 0. The van der Waals surface area contributed by atoms with Crippen LogP contribution in [0, 0.1) is 0 Å². The molecule has 0 unspecified atom stereocenters. The second kappa shape index (κ2) is 42.8. The molecule has 0 heterocycles. The molecule has 0 spiro atoms. The van der Waals surface area contributed by atoms with Crippen LogP contribution in [0.3, 0.4) is 0 Å². The molecular formula is C9H22ClN2NaO7. The van der Waals surface area contributed by atoms with Crippen LogP contribution in [0.5, 0.6) is 0 Å². The van der Waals surface area contributed by atoms with Crippen LogP contribution >= 0.6 is 11.6 Å². The molecule has 11 heteroatoms. The Kier molecular flexibility index (Phi) is 91.5. The third kappa shape index (κ3) is 158. The summed E-state index contributed by atoms with van der Waals surface area (Å²) in [4.78, 5) is 36.9. The number of carboxylic acid groups (broad SMARTS) is 2. The van der Waals surface area contributed by atoms with E-state index in [0.29, 0.717) is 0 Å². The number of halogens is 1. The second-order valence-corrected chi connectivity index (χ2v) is 2.51. The van der Waals surface area contributed by atoms with E-state index in [1.165, 1.54) is 7.05 Å². The summed E-state index contributed by atoms with van der Waals surface area (Å²) in [6.45, 7) is 0.111. The average molecular weight is 329 g/mol. The quantitative estimate of drug-likeness (QED) is 0.350. The van der Waals surface area contributed by atoms with E-state index in [1.807, 2.05) is 0 Å². The molecule has 20 heavy (non-hydrogen) atoms. The Balaban J connectivity index is -0.0000000234. The summed E-state index contributed by atoms with van der Waals surface area (Å²) in [5, 5.41) is 15.6. The van der Waals surface area contributed by atoms with E-state index >= 15 is 0 Å². The van der Waals surface area contributed by atoms with Gasteiger partial charge in [0.2, 0.25) is 0 Å². The van der Waals surface area contributed by atoms with Gasteiger partial charge in [0.05, 0.1) is 6.54 Å². The van der Waals surface area contributed by atoms with Gasteiger partial charge in [-0.05, 0) is 21.1 Å². The van der Waals surface area contributed by atoms with Gasteiger partial charge in [0.1, 0.15) is 5.88 Å². The summed E-state index contributed by atoms with van der Waals surface area (Å²) in [5.74, 6) is -2.07. The Labute approximate surface area is 145 Å². The molecule has 0 aromatic rings. The van der Waals surface area contributed by atoms with Crippen molar-refractivity contribution in [3.8, 4) is 0 Å². The Morgan fingerprint density at radius 1 is 1.15 bits per heavy atom. The minimum atomic E-state index is -0.980. The van der Waals surface area contributed by atoms with Crippen molar-refractivity contribution < 1.29 is 64.4 Å². The first kappa shape index (κ1) is 42.7. The monoisotopic (exact) mass is 328 g/mol. The Hall–Kier alpha value is -0.510. The first-order valence-electron chi connectivity index (χ1n) is 4.03. The van der Waals surface area contributed by atoms with E-state index in [9.17, 15) is 9.59 Å². The molecular weight excluding hydrogens is 307 g/mol. The fourth-order valence-corrected chi connectivity index (χ4v) is 0.271. The zero-order chi connectivity index (χ0) is 14.9. The van der Waals surface area contributed by atoms with Crippen molar-refractivity contribution in [3.05, 3.63) is 0 Å². The number of rotatable bonds is 3. The zero-order valence-corrected chi connectivity index (χ0v) is 14.0. The van der Waals surface area contributed by atoms with Crippen LogP contribution in [0.1, 0.15) is 7.43 Å². The standard InChI is InChI=1S/C4H9NO2.C2H3ClO2.CH5N.CO2.CH4.Na.H2O/c1-5(2)3-4(6)7;3-1-2(4)5;1-2;2-1-3;;;/h3H2,1-2H3,(H,6,7);1H2,(H,4,5);2H2,1H3;;1H4;;1H2/q;;;;;+1;/p-1. The van der Waals surface area contributed by atoms with E-state index in [4.69, 9.17) is 31.4 Å². The molecule has 0 fully saturated rings. The summed E-state index contributed by atoms with van der Waals surface area (Å²) in [6.07, 6.45) is 0.250. The largest absolute Gasteiger partial charge is 1.00 e. The normalized spacial score (nSPS) is 5.90. The van der Waals surface area contributed by atoms with E-state index in [0.717, 1.165) is 0 Å². The van der Waals surface area contributed by atoms with Gasteiger partial charge in [-0.15, -0.1) is 11.6 Å². The number of carbonyl (C=O) groups is 2. The van der Waals surface area contributed by atoms with Gasteiger partial charge >= 0.3 is 47.6 Å². The molecule has 0 rings (SSSR count). The smallest absolute Gasteiger partial charge is 0.870 e. The molecule has 0 saturated heterocycles. The molecule has 0 bridgehead atoms. The maximum Gasteiger partial charge on any atom is 1.00 e. The topological polar surface area (TPSA) is 168 Å². The van der Waals surface area contributed by atoms with Crippen molar-refractivity contribution >= 4 is 29.7 Å². The molecule has 0 saturated carbocycles. The summed E-state index contributed by atoms with van der Waals surface area (Å²) in [5.41, 5.74) is 4.50. The number of alkyl halides is 1. The average Bonchev–Trinajstić information content (AvgIpc) is 2.20. The predicted molar refractivity (Wildman–Crippen MR) is 68.3 cm³/mol. The fraction of sp³-hybridized carbons (Fsp3) is 0.667. The number of nitrogens with two attached hydrogens (primary N) is 1. The van der Waals surface area contributed by atoms with Crippen LogP contribution in [0.25, 0.3) is 0 Å². The van der Waals surface area contributed by atoms with Gasteiger partial charge in [-0.25, -0.2) is 0 Å². The molecule has 0 aromatic carbocycles. The minimum Gasteiger partial charge on any atom is -0.870 e. The number of carboxylic acids is 2. The summed E-state index contributed by atoms with van der Waals surface area (Å²) >= 11 is 4.74. The first-order valence-corrected chi connectivity index (χ1v) is 4.56. The molecule has 0 radical (unpaired) electrons. The van der Waals surface area contributed by atoms with Crippen LogP contribution in [0.15, 0.2) is 0 Å². The molecule has 0 aliphatic heterocycles. The number of aliphatic carboxylic acids is 2. The molecule has 5 N–H and O–H groups in total. The summed E-state index contributed by atoms with van der Waals surface area (Å²) < 4.78 is 0. The van der Waals surface area contributed by atoms with Crippen LogP contribution in [0.4, 0.5) is 0 Å². The number of hydrogen-bond donors (Lipinski definition) is 3. The summed E-state index contributed by atoms with van der Waals surface area (Å²) in [6, 6.07) is 0. The number of likely N-dealkylation sites (N-methyl/N-ethyl adjacent to an activating group) is 1. The van der Waals surface area contributed by atoms with Crippen molar-refractivity contribution in [2.45, 2.75) is 7.43 Å². The SMILES string of the molecule is C.CN.CN(C)CC(=O)O.O=C(O)CCl.O=C=O.[Na+].[OH-]. The maximum absolute atomic E-state index is 9.77. The van der Waals surface area contributed by atoms with Crippen molar-refractivity contribution in [2.24, 2.45) is 5.73 Å². The van der Waals surface area contributed by atoms with Gasteiger partial charge in [0.15, 0.2) is 0 Å². The van der Waals surface area contributed by atoms with Crippen molar-refractivity contribution in [3.63, 3.8) is 0 Å². The van der Waals surface area contributed by atoms with Gasteiger partial charge < -0.3 is 21.4 Å². The van der Waals surface area contributed by atoms with Crippen LogP contribution in [0.2, 0.25) is 0 Å². The number of hydrogen-bond acceptors (Lipinski definition) is 7. The van der Waals surface area contributed by atoms with Gasteiger partial charge in [-0.3, -0.25) is 14.5 Å². The fourth-order valence-electron chi connectivity index (χ4n) is 0.271. The van der Waals surface area contributed by atoms with Crippen molar-refractivity contribution in [2.75, 3.05) is 33.6 Å². The Morgan fingerprint density at radius 2 is 1.35 bits per heavy atom. The molecule has 0 aromatic heterocycles. The molecule has 0 aliphatic carbocycles. The van der Waals surface area contributed by atoms with Crippen LogP contribution < -0.4 is 35.3 Å². The van der Waals surface area contributed by atoms with E-state index in [-0.39, 0.29) is 61.0 Å². The van der Waals surface area contributed by atoms with Gasteiger partial charge in [-0.2, -0.15) is 9.59 Å². The zero-order valence-electron chi connectivity index (χ0n) is 11.3. The predicted octanol–water partition coefficient (Wildman–Crippen LogP) is -3.60. The third-order valence-corrected chi connectivity index (χ3v) is 0.794. The van der Waals surface area contributed by atoms with E-state index in [1.54, 1.807) is 19.0 Å². The van der Waals surface area contributed by atoms with Gasteiger partial charge in [-0.1, -0.05) is 7.43 Å². The first-order chi connectivity index (χ1) is 7.81. The van der Waals surface area contributed by atoms with Crippen LogP contribution in [-0.2, 0) is 19.2 Å². The Morgan fingerprint density at radius 3 is 1.35 bits per heavy atom. The second-order valence-electron chi connectivity index (χ2n) is 2.24. The molecule has 0 amide bonds. The van der Waals surface area contributed by atoms with Gasteiger partial charge in [0.25, 0.3) is 0 Å². The number of carbonyl (C=O) groups excluding carboxylic acids is 2. The van der Waals surface area contributed by atoms with E-state index in [2.05, 4.69) is 5.73 Å². The molecule has 0 aliphatic rings. The van der Waals surface area contributed by atoms with Crippen LogP contribution in [-0.4, -0.2) is 72.2 Å². The molecule has 0 atom stereocenters. The number of nitrogens with zero attached hydrogens (tertiary/aromatic N) is 1. The van der Waals surface area contributed by atoms with E-state index < -0.39 is 11.9 Å². The molecule has 9 nitrogen and oxygen atoms in total. The van der Waals surface area contributed by atoms with Crippen molar-refractivity contribution in [1.29, 1.82) is 0 Å². The summed E-state index contributed by atoms with van der Waals surface area (Å²) in [7, 11) is 4.93. The van der Waals surface area contributed by atoms with Crippen molar-refractivity contribution in [1.82, 2.24) is 4.90 Å². The molecule has 118 valence electrons. The maximum atomic E-state index is 9.77.